The molecule has 0 bridgehead atoms. The van der Waals surface area contributed by atoms with Gasteiger partial charge in [-0.1, -0.05) is 12.1 Å². The molecule has 1 unspecified atom stereocenters. The lowest BCUT2D eigenvalue weighted by Gasteiger charge is -2.20. The van der Waals surface area contributed by atoms with Gasteiger partial charge in [-0.05, 0) is 45.4 Å². The number of carbonyl (C=O) groups excluding carboxylic acids is 1. The van der Waals surface area contributed by atoms with Crippen molar-refractivity contribution in [3.8, 4) is 0 Å². The fourth-order valence-electron chi connectivity index (χ4n) is 2.02. The second-order valence-corrected chi connectivity index (χ2v) is 7.05. The summed E-state index contributed by atoms with van der Waals surface area (Å²) in [5.41, 5.74) is 4.36. The van der Waals surface area contributed by atoms with Gasteiger partial charge in [-0.25, -0.2) is 9.78 Å². The Bertz CT molecular complexity index is 636. The number of aromatic nitrogens is 1. The quantitative estimate of drug-likeness (QED) is 0.854. The maximum Gasteiger partial charge on any atom is 0.407 e. The van der Waals surface area contributed by atoms with Gasteiger partial charge in [-0.15, -0.1) is 11.3 Å². The first-order chi connectivity index (χ1) is 10.8. The molecule has 5 nitrogen and oxygen atoms in total. The number of nitrogens with one attached hydrogen (secondary N) is 2. The second kappa shape index (κ2) is 7.46. The van der Waals surface area contributed by atoms with E-state index in [1.165, 1.54) is 0 Å². The Kier molecular flexibility index (Phi) is 5.60. The highest BCUT2D eigenvalue weighted by molar-refractivity contribution is 7.07. The first-order valence-electron chi connectivity index (χ1n) is 7.54. The lowest BCUT2D eigenvalue weighted by Crippen LogP contribution is -2.32. The van der Waals surface area contributed by atoms with Crippen LogP contribution in [0.15, 0.2) is 35.2 Å². The second-order valence-electron chi connectivity index (χ2n) is 6.34. The Morgan fingerprint density at radius 1 is 1.39 bits per heavy atom. The largest absolute Gasteiger partial charge is 0.444 e. The molecule has 2 rings (SSSR count). The van der Waals surface area contributed by atoms with Crippen molar-refractivity contribution in [3.63, 3.8) is 0 Å². The summed E-state index contributed by atoms with van der Waals surface area (Å²) in [7, 11) is 0. The normalized spacial score (nSPS) is 12.5. The van der Waals surface area contributed by atoms with Crippen molar-refractivity contribution in [2.75, 3.05) is 5.32 Å². The molecule has 6 heteroatoms. The molecule has 0 aliphatic carbocycles. The maximum absolute atomic E-state index is 11.7. The average Bonchev–Trinajstić information content (AvgIpc) is 2.98. The van der Waals surface area contributed by atoms with Gasteiger partial charge in [-0.3, -0.25) is 0 Å². The fourth-order valence-corrected chi connectivity index (χ4v) is 2.67. The Morgan fingerprint density at radius 3 is 2.83 bits per heavy atom. The van der Waals surface area contributed by atoms with Gasteiger partial charge in [0.2, 0.25) is 0 Å². The third kappa shape index (κ3) is 5.90. The number of hydrogen-bond donors (Lipinski definition) is 2. The predicted molar refractivity (Wildman–Crippen MR) is 93.7 cm³/mol. The van der Waals surface area contributed by atoms with Crippen LogP contribution in [0.1, 0.15) is 45.0 Å². The summed E-state index contributed by atoms with van der Waals surface area (Å²) in [5.74, 6) is 0. The minimum absolute atomic E-state index is 0.135. The van der Waals surface area contributed by atoms with Crippen LogP contribution in [0.2, 0.25) is 0 Å². The highest BCUT2D eigenvalue weighted by Crippen LogP contribution is 2.20. The Balaban J connectivity index is 1.91. The Morgan fingerprint density at radius 2 is 2.17 bits per heavy atom. The van der Waals surface area contributed by atoms with Crippen LogP contribution in [0.5, 0.6) is 0 Å². The maximum atomic E-state index is 11.7. The smallest absolute Gasteiger partial charge is 0.407 e. The zero-order valence-electron chi connectivity index (χ0n) is 13.9. The van der Waals surface area contributed by atoms with Gasteiger partial charge in [0, 0.05) is 17.6 Å². The monoisotopic (exact) mass is 333 g/mol. The van der Waals surface area contributed by atoms with Crippen molar-refractivity contribution in [2.24, 2.45) is 0 Å². The molecule has 23 heavy (non-hydrogen) atoms. The summed E-state index contributed by atoms with van der Waals surface area (Å²) in [4.78, 5) is 16.0. The van der Waals surface area contributed by atoms with E-state index in [9.17, 15) is 4.79 Å². The topological polar surface area (TPSA) is 63.2 Å². The van der Waals surface area contributed by atoms with Crippen molar-refractivity contribution >= 4 is 23.1 Å². The third-order valence-corrected chi connectivity index (χ3v) is 3.65. The van der Waals surface area contributed by atoms with Crippen molar-refractivity contribution in [2.45, 2.75) is 45.9 Å². The number of benzene rings is 1. The van der Waals surface area contributed by atoms with E-state index in [1.54, 1.807) is 11.3 Å². The molecule has 1 amide bonds. The molecular weight excluding hydrogens is 310 g/mol. The van der Waals surface area contributed by atoms with Crippen LogP contribution in [0.25, 0.3) is 0 Å². The molecule has 1 aromatic carbocycles. The molecule has 0 saturated carbocycles. The first kappa shape index (κ1) is 17.3. The van der Waals surface area contributed by atoms with E-state index in [2.05, 4.69) is 22.5 Å². The van der Waals surface area contributed by atoms with Crippen LogP contribution in [0, 0.1) is 0 Å². The fraction of sp³-hybridized carbons (Fsp3) is 0.412. The number of hydrogen-bond acceptors (Lipinski definition) is 5. The van der Waals surface area contributed by atoms with Crippen LogP contribution in [0.4, 0.5) is 10.5 Å². The molecule has 124 valence electrons. The van der Waals surface area contributed by atoms with Gasteiger partial charge >= 0.3 is 6.09 Å². The standard InChI is InChI=1S/C17H23N3O2S/c1-12(15-10-23-11-19-15)20-14-7-5-6-13(8-14)9-18-16(21)22-17(2,3)4/h5-8,10-12,20H,9H2,1-4H3,(H,18,21). The third-order valence-electron chi connectivity index (χ3n) is 3.04. The highest BCUT2D eigenvalue weighted by Gasteiger charge is 2.15. The highest BCUT2D eigenvalue weighted by atomic mass is 32.1. The van der Waals surface area contributed by atoms with E-state index < -0.39 is 11.7 Å². The van der Waals surface area contributed by atoms with E-state index in [0.29, 0.717) is 6.54 Å². The van der Waals surface area contributed by atoms with Crippen LogP contribution in [-0.4, -0.2) is 16.7 Å². The van der Waals surface area contributed by atoms with Crippen molar-refractivity contribution in [3.05, 3.63) is 46.4 Å². The van der Waals surface area contributed by atoms with Crippen molar-refractivity contribution < 1.29 is 9.53 Å². The molecule has 0 spiro atoms. The molecule has 2 aromatic rings. The molecule has 0 aliphatic heterocycles. The van der Waals surface area contributed by atoms with Gasteiger partial charge in [0.05, 0.1) is 17.2 Å². The van der Waals surface area contributed by atoms with Gasteiger partial charge < -0.3 is 15.4 Å². The number of anilines is 1. The van der Waals surface area contributed by atoms with E-state index in [0.717, 1.165) is 16.9 Å². The van der Waals surface area contributed by atoms with Crippen LogP contribution >= 0.6 is 11.3 Å². The van der Waals surface area contributed by atoms with Crippen LogP contribution in [-0.2, 0) is 11.3 Å². The minimum Gasteiger partial charge on any atom is -0.444 e. The summed E-state index contributed by atoms with van der Waals surface area (Å²) in [6.07, 6.45) is -0.410. The van der Waals surface area contributed by atoms with Crippen LogP contribution in [0.3, 0.4) is 0 Å². The number of carbonyl (C=O) groups is 1. The van der Waals surface area contributed by atoms with Gasteiger partial charge in [0.25, 0.3) is 0 Å². The van der Waals surface area contributed by atoms with Crippen molar-refractivity contribution in [1.82, 2.24) is 10.3 Å². The lowest BCUT2D eigenvalue weighted by atomic mass is 10.1. The number of amides is 1. The van der Waals surface area contributed by atoms with Crippen molar-refractivity contribution in [1.29, 1.82) is 0 Å². The summed E-state index contributed by atoms with van der Waals surface area (Å²) < 4.78 is 5.23. The van der Waals surface area contributed by atoms with E-state index in [1.807, 2.05) is 55.9 Å². The summed E-state index contributed by atoms with van der Waals surface area (Å²) >= 11 is 1.58. The molecule has 0 aliphatic rings. The lowest BCUT2D eigenvalue weighted by molar-refractivity contribution is 0.0523. The van der Waals surface area contributed by atoms with E-state index in [-0.39, 0.29) is 6.04 Å². The summed E-state index contributed by atoms with van der Waals surface area (Å²) in [6, 6.07) is 8.08. The molecule has 2 N–H and O–H groups in total. The first-order valence-corrected chi connectivity index (χ1v) is 8.48. The molecule has 0 radical (unpaired) electrons. The van der Waals surface area contributed by atoms with Gasteiger partial charge in [0.15, 0.2) is 0 Å². The number of rotatable bonds is 5. The van der Waals surface area contributed by atoms with Gasteiger partial charge in [-0.2, -0.15) is 0 Å². The summed E-state index contributed by atoms with van der Waals surface area (Å²) in [6.45, 7) is 8.03. The Hall–Kier alpha value is -2.08. The van der Waals surface area contributed by atoms with E-state index in [4.69, 9.17) is 4.74 Å². The number of ether oxygens (including phenoxy) is 1. The average molecular weight is 333 g/mol. The molecule has 1 heterocycles. The minimum atomic E-state index is -0.490. The molecule has 1 atom stereocenters. The van der Waals surface area contributed by atoms with E-state index >= 15 is 0 Å². The SMILES string of the molecule is CC(Nc1cccc(CNC(=O)OC(C)(C)C)c1)c1cscn1. The number of alkyl carbamates (subject to hydrolysis) is 1. The molecular formula is C17H23N3O2S. The van der Waals surface area contributed by atoms with Gasteiger partial charge in [0.1, 0.15) is 5.60 Å². The summed E-state index contributed by atoms with van der Waals surface area (Å²) in [5, 5.41) is 8.21. The molecule has 0 saturated heterocycles. The zero-order valence-corrected chi connectivity index (χ0v) is 14.7. The molecule has 0 fully saturated rings. The van der Waals surface area contributed by atoms with Crippen LogP contribution < -0.4 is 10.6 Å². The number of nitrogens with zero attached hydrogens (tertiary/aromatic N) is 1. The molecule has 1 aromatic heterocycles. The zero-order chi connectivity index (χ0) is 16.9. The number of thiazole rings is 1. The predicted octanol–water partition coefficient (Wildman–Crippen LogP) is 4.34. The Labute approximate surface area is 141 Å².